The predicted octanol–water partition coefficient (Wildman–Crippen LogP) is 1.17. The standard InChI is InChI=1S/C13H23NO3/c1-10-9-17-12(8-15)7-14(10)13(16)11-5-3-2-4-6-11/h10-12,15H,2-9H2,1H3. The van der Waals surface area contributed by atoms with Gasteiger partial charge in [0.2, 0.25) is 5.91 Å². The highest BCUT2D eigenvalue weighted by atomic mass is 16.5. The molecule has 2 rings (SSSR count). The normalized spacial score (nSPS) is 31.5. The molecule has 2 aliphatic rings. The van der Waals surface area contributed by atoms with E-state index in [1.54, 1.807) is 0 Å². The van der Waals surface area contributed by atoms with Gasteiger partial charge in [-0.25, -0.2) is 0 Å². The van der Waals surface area contributed by atoms with Crippen LogP contribution >= 0.6 is 0 Å². The molecule has 1 aliphatic carbocycles. The first-order valence-electron chi connectivity index (χ1n) is 6.75. The molecule has 0 aromatic rings. The van der Waals surface area contributed by atoms with E-state index in [1.807, 2.05) is 11.8 Å². The quantitative estimate of drug-likeness (QED) is 0.789. The minimum absolute atomic E-state index is 0.00116. The molecule has 1 saturated carbocycles. The van der Waals surface area contributed by atoms with Crippen LogP contribution in [0, 0.1) is 5.92 Å². The van der Waals surface area contributed by atoms with Gasteiger partial charge in [0.1, 0.15) is 0 Å². The minimum atomic E-state index is -0.196. The highest BCUT2D eigenvalue weighted by Crippen LogP contribution is 2.27. The Hall–Kier alpha value is -0.610. The lowest BCUT2D eigenvalue weighted by Crippen LogP contribution is -2.53. The number of amides is 1. The fourth-order valence-electron chi connectivity index (χ4n) is 2.82. The van der Waals surface area contributed by atoms with Crippen LogP contribution in [0.25, 0.3) is 0 Å². The Balaban J connectivity index is 1.95. The summed E-state index contributed by atoms with van der Waals surface area (Å²) in [7, 11) is 0. The van der Waals surface area contributed by atoms with Gasteiger partial charge in [0.25, 0.3) is 0 Å². The van der Waals surface area contributed by atoms with Crippen molar-refractivity contribution in [3.8, 4) is 0 Å². The molecule has 4 heteroatoms. The molecule has 2 atom stereocenters. The van der Waals surface area contributed by atoms with Crippen molar-refractivity contribution >= 4 is 5.91 Å². The van der Waals surface area contributed by atoms with Crippen LogP contribution in [0.5, 0.6) is 0 Å². The highest BCUT2D eigenvalue weighted by Gasteiger charge is 2.33. The Kier molecular flexibility index (Phi) is 4.40. The molecule has 1 amide bonds. The smallest absolute Gasteiger partial charge is 0.226 e. The van der Waals surface area contributed by atoms with Gasteiger partial charge in [-0.2, -0.15) is 0 Å². The zero-order valence-corrected chi connectivity index (χ0v) is 10.6. The molecule has 2 fully saturated rings. The number of rotatable bonds is 2. The summed E-state index contributed by atoms with van der Waals surface area (Å²) in [5, 5.41) is 9.12. The number of carbonyl (C=O) groups excluding carboxylic acids is 1. The Morgan fingerprint density at radius 1 is 1.35 bits per heavy atom. The molecule has 1 N–H and O–H groups in total. The maximum atomic E-state index is 12.4. The van der Waals surface area contributed by atoms with E-state index >= 15 is 0 Å². The fraction of sp³-hybridized carbons (Fsp3) is 0.923. The number of hydrogen-bond donors (Lipinski definition) is 1. The maximum absolute atomic E-state index is 12.4. The van der Waals surface area contributed by atoms with Crippen LogP contribution in [0.15, 0.2) is 0 Å². The lowest BCUT2D eigenvalue weighted by molar-refractivity contribution is -0.151. The summed E-state index contributed by atoms with van der Waals surface area (Å²) in [6.07, 6.45) is 5.50. The highest BCUT2D eigenvalue weighted by molar-refractivity contribution is 5.79. The van der Waals surface area contributed by atoms with Crippen LogP contribution in [-0.2, 0) is 9.53 Å². The van der Waals surface area contributed by atoms with Crippen LogP contribution in [0.1, 0.15) is 39.0 Å². The summed E-state index contributed by atoms with van der Waals surface area (Å²) in [5.41, 5.74) is 0. The van der Waals surface area contributed by atoms with E-state index in [0.717, 1.165) is 12.8 Å². The summed E-state index contributed by atoms with van der Waals surface area (Å²) >= 11 is 0. The van der Waals surface area contributed by atoms with Gasteiger partial charge >= 0.3 is 0 Å². The second-order valence-corrected chi connectivity index (χ2v) is 5.31. The topological polar surface area (TPSA) is 49.8 Å². The minimum Gasteiger partial charge on any atom is -0.394 e. The first kappa shape index (κ1) is 12.8. The molecule has 0 aromatic heterocycles. The molecule has 4 nitrogen and oxygen atoms in total. The largest absolute Gasteiger partial charge is 0.394 e. The van der Waals surface area contributed by atoms with Gasteiger partial charge in [-0.05, 0) is 19.8 Å². The van der Waals surface area contributed by atoms with Crippen molar-refractivity contribution < 1.29 is 14.6 Å². The Morgan fingerprint density at radius 3 is 2.71 bits per heavy atom. The number of ether oxygens (including phenoxy) is 1. The van der Waals surface area contributed by atoms with Crippen LogP contribution in [0.3, 0.4) is 0 Å². The Bertz CT molecular complexity index is 263. The summed E-state index contributed by atoms with van der Waals surface area (Å²) in [6, 6.07) is 0.146. The maximum Gasteiger partial charge on any atom is 0.226 e. The van der Waals surface area contributed by atoms with E-state index < -0.39 is 0 Å². The van der Waals surface area contributed by atoms with Crippen molar-refractivity contribution in [2.24, 2.45) is 5.92 Å². The van der Waals surface area contributed by atoms with Crippen LogP contribution in [0.4, 0.5) is 0 Å². The monoisotopic (exact) mass is 241 g/mol. The number of hydrogen-bond acceptors (Lipinski definition) is 3. The molecule has 1 aliphatic heterocycles. The zero-order chi connectivity index (χ0) is 12.3. The van der Waals surface area contributed by atoms with Crippen molar-refractivity contribution in [2.75, 3.05) is 19.8 Å². The first-order valence-corrected chi connectivity index (χ1v) is 6.75. The van der Waals surface area contributed by atoms with E-state index in [2.05, 4.69) is 0 Å². The molecular weight excluding hydrogens is 218 g/mol. The summed E-state index contributed by atoms with van der Waals surface area (Å²) in [4.78, 5) is 14.3. The van der Waals surface area contributed by atoms with E-state index in [-0.39, 0.29) is 30.6 Å². The SMILES string of the molecule is CC1COC(CO)CN1C(=O)C1CCCCC1. The first-order chi connectivity index (χ1) is 8.22. The number of aliphatic hydroxyl groups excluding tert-OH is 1. The molecule has 0 bridgehead atoms. The molecular formula is C13H23NO3. The number of aliphatic hydroxyl groups is 1. The summed E-state index contributed by atoms with van der Waals surface area (Å²) < 4.78 is 5.46. The molecule has 1 saturated heterocycles. The van der Waals surface area contributed by atoms with Gasteiger partial charge in [0.05, 0.1) is 25.4 Å². The van der Waals surface area contributed by atoms with E-state index in [9.17, 15) is 4.79 Å². The zero-order valence-electron chi connectivity index (χ0n) is 10.6. The number of carbonyl (C=O) groups is 1. The van der Waals surface area contributed by atoms with Crippen molar-refractivity contribution in [1.82, 2.24) is 4.90 Å². The van der Waals surface area contributed by atoms with E-state index in [1.165, 1.54) is 19.3 Å². The van der Waals surface area contributed by atoms with E-state index in [4.69, 9.17) is 9.84 Å². The van der Waals surface area contributed by atoms with Gasteiger partial charge in [0, 0.05) is 12.5 Å². The summed E-state index contributed by atoms with van der Waals surface area (Å²) in [6.45, 7) is 3.12. The number of nitrogens with zero attached hydrogens (tertiary/aromatic N) is 1. The van der Waals surface area contributed by atoms with Crippen molar-refractivity contribution in [3.63, 3.8) is 0 Å². The van der Waals surface area contributed by atoms with Crippen molar-refractivity contribution in [1.29, 1.82) is 0 Å². The summed E-state index contributed by atoms with van der Waals surface area (Å²) in [5.74, 6) is 0.489. The fourth-order valence-corrected chi connectivity index (χ4v) is 2.82. The van der Waals surface area contributed by atoms with Gasteiger partial charge < -0.3 is 14.7 Å². The average Bonchev–Trinajstić information content (AvgIpc) is 2.39. The molecule has 0 radical (unpaired) electrons. The molecule has 98 valence electrons. The average molecular weight is 241 g/mol. The Labute approximate surface area is 103 Å². The van der Waals surface area contributed by atoms with Crippen molar-refractivity contribution in [3.05, 3.63) is 0 Å². The van der Waals surface area contributed by atoms with Crippen LogP contribution in [-0.4, -0.2) is 47.8 Å². The molecule has 1 heterocycles. The van der Waals surface area contributed by atoms with Crippen LogP contribution < -0.4 is 0 Å². The third-order valence-corrected chi connectivity index (χ3v) is 3.95. The lowest BCUT2D eigenvalue weighted by Gasteiger charge is -2.39. The Morgan fingerprint density at radius 2 is 2.06 bits per heavy atom. The lowest BCUT2D eigenvalue weighted by atomic mass is 9.88. The predicted molar refractivity (Wildman–Crippen MR) is 64.6 cm³/mol. The van der Waals surface area contributed by atoms with Gasteiger partial charge in [0.15, 0.2) is 0 Å². The molecule has 0 spiro atoms. The molecule has 0 aromatic carbocycles. The van der Waals surface area contributed by atoms with Crippen molar-refractivity contribution in [2.45, 2.75) is 51.2 Å². The molecule has 17 heavy (non-hydrogen) atoms. The second-order valence-electron chi connectivity index (χ2n) is 5.31. The molecule has 2 unspecified atom stereocenters. The van der Waals surface area contributed by atoms with E-state index in [0.29, 0.717) is 13.2 Å². The van der Waals surface area contributed by atoms with Gasteiger partial charge in [-0.3, -0.25) is 4.79 Å². The van der Waals surface area contributed by atoms with Crippen LogP contribution in [0.2, 0.25) is 0 Å². The third kappa shape index (κ3) is 2.99. The number of morpholine rings is 1. The second kappa shape index (κ2) is 5.83. The van der Waals surface area contributed by atoms with Gasteiger partial charge in [-0.15, -0.1) is 0 Å². The van der Waals surface area contributed by atoms with Gasteiger partial charge in [-0.1, -0.05) is 19.3 Å². The third-order valence-electron chi connectivity index (χ3n) is 3.95.